The molecule has 0 aliphatic carbocycles. The number of fused-ring (bicyclic) bond motifs is 1. The molecule has 0 fully saturated rings. The Hall–Kier alpha value is -1.39. The van der Waals surface area contributed by atoms with E-state index in [0.717, 1.165) is 12.4 Å². The van der Waals surface area contributed by atoms with Gasteiger partial charge in [-0.15, -0.1) is 22.7 Å². The van der Waals surface area contributed by atoms with Crippen LogP contribution >= 0.6 is 22.7 Å². The van der Waals surface area contributed by atoms with Crippen molar-refractivity contribution >= 4 is 38.6 Å². The molecule has 0 bridgehead atoms. The van der Waals surface area contributed by atoms with Crippen LogP contribution in [0.15, 0.2) is 29.8 Å². The molecule has 0 saturated heterocycles. The van der Waals surface area contributed by atoms with Gasteiger partial charge in [0.15, 0.2) is 0 Å². The minimum absolute atomic E-state index is 0.849. The molecule has 0 radical (unpaired) electrons. The molecule has 4 heteroatoms. The van der Waals surface area contributed by atoms with Crippen LogP contribution in [0.3, 0.4) is 0 Å². The lowest BCUT2D eigenvalue weighted by atomic mass is 10.3. The lowest BCUT2D eigenvalue weighted by Crippen LogP contribution is -1.99. The smallest absolute Gasteiger partial charge is 0.134 e. The predicted molar refractivity (Wildman–Crippen MR) is 80.7 cm³/mol. The van der Waals surface area contributed by atoms with Crippen molar-refractivity contribution < 1.29 is 0 Å². The average molecular weight is 274 g/mol. The summed E-state index contributed by atoms with van der Waals surface area (Å²) in [4.78, 5) is 7.18. The first-order valence-corrected chi connectivity index (χ1v) is 7.55. The van der Waals surface area contributed by atoms with E-state index in [9.17, 15) is 0 Å². The predicted octanol–water partition coefficient (Wildman–Crippen LogP) is 4.59. The van der Waals surface area contributed by atoms with Crippen LogP contribution in [-0.4, -0.2) is 4.98 Å². The van der Waals surface area contributed by atoms with Crippen molar-refractivity contribution in [2.75, 3.05) is 5.32 Å². The molecule has 0 atom stereocenters. The average Bonchev–Trinajstić information content (AvgIpc) is 2.94. The molecular formula is C14H14N2S2. The number of nitrogens with zero attached hydrogens (tertiary/aromatic N) is 1. The molecule has 92 valence electrons. The van der Waals surface area contributed by atoms with Crippen molar-refractivity contribution in [1.29, 1.82) is 0 Å². The maximum atomic E-state index is 4.42. The first-order valence-electron chi connectivity index (χ1n) is 5.86. The largest absolute Gasteiger partial charge is 0.365 e. The van der Waals surface area contributed by atoms with Gasteiger partial charge in [-0.2, -0.15) is 0 Å². The zero-order valence-electron chi connectivity index (χ0n) is 10.4. The number of nitrogens with one attached hydrogen (secondary N) is 1. The number of hydrogen-bond acceptors (Lipinski definition) is 4. The van der Waals surface area contributed by atoms with E-state index < -0.39 is 0 Å². The zero-order chi connectivity index (χ0) is 12.5. The first-order chi connectivity index (χ1) is 8.74. The summed E-state index contributed by atoms with van der Waals surface area (Å²) in [5.74, 6) is 0.984. The van der Waals surface area contributed by atoms with Gasteiger partial charge in [0.25, 0.3) is 0 Å². The van der Waals surface area contributed by atoms with Gasteiger partial charge in [0.2, 0.25) is 0 Å². The molecule has 0 spiro atoms. The van der Waals surface area contributed by atoms with Gasteiger partial charge in [0, 0.05) is 26.0 Å². The Labute approximate surface area is 114 Å². The van der Waals surface area contributed by atoms with Crippen LogP contribution in [0.4, 0.5) is 5.82 Å². The molecular weight excluding hydrogens is 260 g/mol. The lowest BCUT2D eigenvalue weighted by Gasteiger charge is -2.04. The summed E-state index contributed by atoms with van der Waals surface area (Å²) in [6, 6.07) is 6.44. The topological polar surface area (TPSA) is 24.9 Å². The summed E-state index contributed by atoms with van der Waals surface area (Å²) in [6.07, 6.45) is 1.87. The monoisotopic (exact) mass is 274 g/mol. The van der Waals surface area contributed by atoms with E-state index in [-0.39, 0.29) is 0 Å². The van der Waals surface area contributed by atoms with Gasteiger partial charge in [-0.1, -0.05) is 0 Å². The Bertz CT molecular complexity index is 662. The van der Waals surface area contributed by atoms with Gasteiger partial charge in [-0.05, 0) is 43.0 Å². The molecule has 0 unspecified atom stereocenters. The van der Waals surface area contributed by atoms with Crippen molar-refractivity contribution in [3.05, 3.63) is 45.1 Å². The van der Waals surface area contributed by atoms with Crippen molar-refractivity contribution in [2.45, 2.75) is 20.4 Å². The van der Waals surface area contributed by atoms with Crippen LogP contribution in [0.25, 0.3) is 10.1 Å². The minimum atomic E-state index is 0.849. The standard InChI is InChI=1S/C14H14N2S2/c1-9-7-11(18-10(9)2)8-16-14-12-4-6-17-13(12)3-5-15-14/h3-7H,8H2,1-2H3,(H,15,16). The summed E-state index contributed by atoms with van der Waals surface area (Å²) < 4.78 is 1.28. The van der Waals surface area contributed by atoms with E-state index in [0.29, 0.717) is 0 Å². The molecule has 0 amide bonds. The highest BCUT2D eigenvalue weighted by atomic mass is 32.1. The Kier molecular flexibility index (Phi) is 3.06. The zero-order valence-corrected chi connectivity index (χ0v) is 12.0. The van der Waals surface area contributed by atoms with Gasteiger partial charge in [-0.3, -0.25) is 0 Å². The quantitative estimate of drug-likeness (QED) is 0.755. The number of pyridine rings is 1. The number of anilines is 1. The summed E-state index contributed by atoms with van der Waals surface area (Å²) in [6.45, 7) is 5.18. The normalized spacial score (nSPS) is 11.0. The highest BCUT2D eigenvalue weighted by Crippen LogP contribution is 2.27. The molecule has 1 N–H and O–H groups in total. The second kappa shape index (κ2) is 4.71. The summed E-state index contributed by atoms with van der Waals surface area (Å²) in [5, 5.41) is 6.76. The van der Waals surface area contributed by atoms with Crippen LogP contribution in [-0.2, 0) is 6.54 Å². The summed E-state index contributed by atoms with van der Waals surface area (Å²) in [7, 11) is 0. The fraction of sp³-hybridized carbons (Fsp3) is 0.214. The number of rotatable bonds is 3. The highest BCUT2D eigenvalue weighted by molar-refractivity contribution is 7.17. The number of thiophene rings is 2. The maximum absolute atomic E-state index is 4.42. The number of aryl methyl sites for hydroxylation is 2. The Morgan fingerprint density at radius 3 is 2.94 bits per heavy atom. The van der Waals surface area contributed by atoms with Crippen LogP contribution in [0.1, 0.15) is 15.3 Å². The summed E-state index contributed by atoms with van der Waals surface area (Å²) >= 11 is 3.61. The molecule has 2 nitrogen and oxygen atoms in total. The Balaban J connectivity index is 1.82. The molecule has 0 saturated carbocycles. The molecule has 3 aromatic rings. The van der Waals surface area contributed by atoms with E-state index in [2.05, 4.69) is 47.7 Å². The maximum Gasteiger partial charge on any atom is 0.134 e. The number of aromatic nitrogens is 1. The Morgan fingerprint density at radius 1 is 1.28 bits per heavy atom. The molecule has 18 heavy (non-hydrogen) atoms. The molecule has 0 aliphatic rings. The molecule has 0 aromatic carbocycles. The van der Waals surface area contributed by atoms with E-state index in [1.165, 1.54) is 25.4 Å². The van der Waals surface area contributed by atoms with Crippen molar-refractivity contribution in [3.8, 4) is 0 Å². The van der Waals surface area contributed by atoms with Crippen molar-refractivity contribution in [3.63, 3.8) is 0 Å². The lowest BCUT2D eigenvalue weighted by molar-refractivity contribution is 1.15. The second-order valence-corrected chi connectivity index (χ2v) is 6.59. The van der Waals surface area contributed by atoms with Gasteiger partial charge in [0.1, 0.15) is 5.82 Å². The molecule has 3 heterocycles. The fourth-order valence-electron chi connectivity index (χ4n) is 1.94. The molecule has 3 rings (SSSR count). The van der Waals surface area contributed by atoms with E-state index >= 15 is 0 Å². The molecule has 0 aliphatic heterocycles. The van der Waals surface area contributed by atoms with E-state index in [1.807, 2.05) is 17.5 Å². The van der Waals surface area contributed by atoms with Crippen LogP contribution < -0.4 is 5.32 Å². The van der Waals surface area contributed by atoms with Crippen LogP contribution in [0.2, 0.25) is 0 Å². The minimum Gasteiger partial charge on any atom is -0.365 e. The van der Waals surface area contributed by atoms with E-state index in [4.69, 9.17) is 0 Å². The van der Waals surface area contributed by atoms with Gasteiger partial charge >= 0.3 is 0 Å². The van der Waals surface area contributed by atoms with Gasteiger partial charge in [-0.25, -0.2) is 4.98 Å². The van der Waals surface area contributed by atoms with Crippen LogP contribution in [0.5, 0.6) is 0 Å². The van der Waals surface area contributed by atoms with Gasteiger partial charge in [0.05, 0.1) is 6.54 Å². The fourth-order valence-corrected chi connectivity index (χ4v) is 3.72. The second-order valence-electron chi connectivity index (χ2n) is 4.30. The van der Waals surface area contributed by atoms with Gasteiger partial charge < -0.3 is 5.32 Å². The third-order valence-corrected chi connectivity index (χ3v) is 5.06. The Morgan fingerprint density at radius 2 is 2.17 bits per heavy atom. The number of hydrogen-bond donors (Lipinski definition) is 1. The third kappa shape index (κ3) is 2.13. The third-order valence-electron chi connectivity index (χ3n) is 3.03. The van der Waals surface area contributed by atoms with E-state index in [1.54, 1.807) is 11.3 Å². The van der Waals surface area contributed by atoms with Crippen LogP contribution in [0, 0.1) is 13.8 Å². The molecule has 3 aromatic heterocycles. The first kappa shape index (κ1) is 11.7. The highest BCUT2D eigenvalue weighted by Gasteiger charge is 2.05. The summed E-state index contributed by atoms with van der Waals surface area (Å²) in [5.41, 5.74) is 1.37. The van der Waals surface area contributed by atoms with Crippen molar-refractivity contribution in [2.24, 2.45) is 0 Å². The SMILES string of the molecule is Cc1cc(CNc2nccc3sccc23)sc1C. The van der Waals surface area contributed by atoms with Crippen molar-refractivity contribution in [1.82, 2.24) is 4.98 Å².